The number of rotatable bonds is 1. The van der Waals surface area contributed by atoms with Crippen LogP contribution in [0.1, 0.15) is 13.8 Å². The van der Waals surface area contributed by atoms with Gasteiger partial charge in [0.15, 0.2) is 0 Å². The topological polar surface area (TPSA) is 37.4 Å². The van der Waals surface area contributed by atoms with Crippen molar-refractivity contribution in [2.45, 2.75) is 13.8 Å². The first-order valence-electron chi connectivity index (χ1n) is 6.57. The zero-order valence-electron chi connectivity index (χ0n) is 11.3. The minimum atomic E-state index is -0.259. The monoisotopic (exact) mass is 331 g/mol. The minimum Gasteiger partial charge on any atom is -0.274 e. The largest absolute Gasteiger partial charge is 0.274 e. The van der Waals surface area contributed by atoms with Crippen LogP contribution in [-0.4, -0.2) is 11.8 Å². The van der Waals surface area contributed by atoms with Gasteiger partial charge in [-0.05, 0) is 17.5 Å². The Morgan fingerprint density at radius 3 is 2.05 bits per heavy atom. The van der Waals surface area contributed by atoms with E-state index in [4.69, 9.17) is 0 Å². The van der Waals surface area contributed by atoms with Crippen molar-refractivity contribution in [2.24, 2.45) is 11.8 Å². The Morgan fingerprint density at radius 2 is 1.45 bits per heavy atom. The van der Waals surface area contributed by atoms with Gasteiger partial charge in [0, 0.05) is 21.7 Å². The molecular weight excluding hydrogens is 318 g/mol. The summed E-state index contributed by atoms with van der Waals surface area (Å²) in [4.78, 5) is 26.0. The van der Waals surface area contributed by atoms with Gasteiger partial charge < -0.3 is 0 Å². The third-order valence-electron chi connectivity index (χ3n) is 4.06. The average molecular weight is 332 g/mol. The Hall–Kier alpha value is -1.68. The van der Waals surface area contributed by atoms with Gasteiger partial charge in [0.1, 0.15) is 0 Å². The average Bonchev–Trinajstić information content (AvgIpc) is 2.65. The van der Waals surface area contributed by atoms with Crippen molar-refractivity contribution >= 4 is 44.2 Å². The molecule has 3 nitrogen and oxygen atoms in total. The van der Waals surface area contributed by atoms with Crippen LogP contribution in [0.15, 0.2) is 40.9 Å². The number of amides is 2. The molecule has 0 bridgehead atoms. The molecule has 1 saturated heterocycles. The van der Waals surface area contributed by atoms with Crippen LogP contribution in [0, 0.1) is 11.8 Å². The summed E-state index contributed by atoms with van der Waals surface area (Å²) in [7, 11) is 0. The maximum absolute atomic E-state index is 12.3. The van der Waals surface area contributed by atoms with Crippen LogP contribution in [0.3, 0.4) is 0 Å². The Bertz CT molecular complexity index is 705. The zero-order chi connectivity index (χ0) is 14.4. The number of halogens is 1. The molecule has 2 atom stereocenters. The number of nitrogens with zero attached hydrogens (tertiary/aromatic N) is 1. The molecule has 0 aliphatic carbocycles. The van der Waals surface area contributed by atoms with E-state index in [0.29, 0.717) is 5.69 Å². The number of carbonyl (C=O) groups is 2. The zero-order valence-corrected chi connectivity index (χ0v) is 12.8. The normalized spacial score (nSPS) is 22.9. The number of carbonyl (C=O) groups excluding carboxylic acids is 2. The molecule has 1 aliphatic heterocycles. The predicted molar refractivity (Wildman–Crippen MR) is 82.5 cm³/mol. The van der Waals surface area contributed by atoms with Crippen LogP contribution in [0.4, 0.5) is 5.69 Å². The first kappa shape index (κ1) is 13.3. The predicted octanol–water partition coefficient (Wildman–Crippen LogP) is 3.75. The molecule has 0 aromatic heterocycles. The first-order chi connectivity index (χ1) is 9.52. The molecule has 2 unspecified atom stereocenters. The molecule has 0 N–H and O–H groups in total. The number of fused-ring (bicyclic) bond motifs is 1. The molecule has 1 fully saturated rings. The molecule has 0 radical (unpaired) electrons. The fraction of sp³-hybridized carbons (Fsp3) is 0.250. The fourth-order valence-corrected chi connectivity index (χ4v) is 3.10. The molecule has 102 valence electrons. The van der Waals surface area contributed by atoms with E-state index in [1.54, 1.807) is 0 Å². The molecule has 2 aromatic carbocycles. The summed E-state index contributed by atoms with van der Waals surface area (Å²) in [5, 5.41) is 1.91. The molecule has 3 rings (SSSR count). The summed E-state index contributed by atoms with van der Waals surface area (Å²) in [6.45, 7) is 3.62. The van der Waals surface area contributed by atoms with Crippen LogP contribution >= 0.6 is 15.9 Å². The number of anilines is 1. The standard InChI is InChI=1S/C16H14BrNO2/c1-9-10(2)16(20)18(15(9)19)14-8-7-13(17)11-5-3-4-6-12(11)14/h3-10H,1-2H3. The minimum absolute atomic E-state index is 0.116. The summed E-state index contributed by atoms with van der Waals surface area (Å²) in [6, 6.07) is 11.5. The lowest BCUT2D eigenvalue weighted by atomic mass is 10.00. The van der Waals surface area contributed by atoms with Gasteiger partial charge in [-0.1, -0.05) is 54.0 Å². The molecule has 4 heteroatoms. The number of hydrogen-bond acceptors (Lipinski definition) is 2. The van der Waals surface area contributed by atoms with Crippen LogP contribution in [0.25, 0.3) is 10.8 Å². The van der Waals surface area contributed by atoms with Crippen LogP contribution in [0.2, 0.25) is 0 Å². The van der Waals surface area contributed by atoms with E-state index in [9.17, 15) is 9.59 Å². The molecule has 1 heterocycles. The summed E-state index contributed by atoms with van der Waals surface area (Å²) >= 11 is 3.51. The Kier molecular flexibility index (Phi) is 3.13. The molecule has 1 aliphatic rings. The van der Waals surface area contributed by atoms with E-state index in [1.165, 1.54) is 4.90 Å². The fourth-order valence-electron chi connectivity index (χ4n) is 2.62. The highest BCUT2D eigenvalue weighted by Gasteiger charge is 2.43. The van der Waals surface area contributed by atoms with Crippen molar-refractivity contribution in [3.63, 3.8) is 0 Å². The quantitative estimate of drug-likeness (QED) is 0.746. The van der Waals surface area contributed by atoms with Gasteiger partial charge >= 0.3 is 0 Å². The van der Waals surface area contributed by atoms with Crippen LogP contribution in [0.5, 0.6) is 0 Å². The molecule has 0 spiro atoms. The maximum Gasteiger partial charge on any atom is 0.237 e. The van der Waals surface area contributed by atoms with E-state index in [0.717, 1.165) is 15.2 Å². The van der Waals surface area contributed by atoms with E-state index in [-0.39, 0.29) is 23.7 Å². The molecular formula is C16H14BrNO2. The van der Waals surface area contributed by atoms with Gasteiger partial charge in [0.05, 0.1) is 5.69 Å². The first-order valence-corrected chi connectivity index (χ1v) is 7.36. The van der Waals surface area contributed by atoms with Gasteiger partial charge in [0.25, 0.3) is 0 Å². The third kappa shape index (κ3) is 1.79. The second kappa shape index (κ2) is 4.70. The Balaban J connectivity index is 2.24. The molecule has 0 saturated carbocycles. The van der Waals surface area contributed by atoms with Crippen molar-refractivity contribution < 1.29 is 9.59 Å². The van der Waals surface area contributed by atoms with Crippen molar-refractivity contribution in [2.75, 3.05) is 4.90 Å². The van der Waals surface area contributed by atoms with Crippen molar-refractivity contribution in [3.8, 4) is 0 Å². The SMILES string of the molecule is CC1C(=O)N(c2ccc(Br)c3ccccc23)C(=O)C1C. The van der Waals surface area contributed by atoms with Crippen molar-refractivity contribution in [1.82, 2.24) is 0 Å². The summed E-state index contributed by atoms with van der Waals surface area (Å²) in [5.41, 5.74) is 0.676. The molecule has 2 amide bonds. The van der Waals surface area contributed by atoms with E-state index < -0.39 is 0 Å². The van der Waals surface area contributed by atoms with Gasteiger partial charge in [-0.25, -0.2) is 4.90 Å². The van der Waals surface area contributed by atoms with E-state index >= 15 is 0 Å². The maximum atomic E-state index is 12.3. The third-order valence-corrected chi connectivity index (χ3v) is 4.75. The van der Waals surface area contributed by atoms with Gasteiger partial charge in [-0.2, -0.15) is 0 Å². The highest BCUT2D eigenvalue weighted by molar-refractivity contribution is 9.10. The van der Waals surface area contributed by atoms with Crippen molar-refractivity contribution in [1.29, 1.82) is 0 Å². The lowest BCUT2D eigenvalue weighted by Gasteiger charge is -2.17. The van der Waals surface area contributed by atoms with Crippen LogP contribution < -0.4 is 4.90 Å². The lowest BCUT2D eigenvalue weighted by Crippen LogP contribution is -2.30. The second-order valence-corrected chi connectivity index (χ2v) is 6.06. The number of hydrogen-bond donors (Lipinski definition) is 0. The molecule has 2 aromatic rings. The van der Waals surface area contributed by atoms with E-state index in [1.807, 2.05) is 50.2 Å². The second-order valence-electron chi connectivity index (χ2n) is 5.20. The number of imide groups is 1. The summed E-state index contributed by atoms with van der Waals surface area (Å²) < 4.78 is 0.956. The number of benzene rings is 2. The van der Waals surface area contributed by atoms with Gasteiger partial charge in [-0.15, -0.1) is 0 Å². The van der Waals surface area contributed by atoms with Crippen LogP contribution in [-0.2, 0) is 9.59 Å². The lowest BCUT2D eigenvalue weighted by molar-refractivity contribution is -0.122. The highest BCUT2D eigenvalue weighted by Crippen LogP contribution is 2.37. The molecule has 20 heavy (non-hydrogen) atoms. The Morgan fingerprint density at radius 1 is 0.900 bits per heavy atom. The highest BCUT2D eigenvalue weighted by atomic mass is 79.9. The smallest absolute Gasteiger partial charge is 0.237 e. The van der Waals surface area contributed by atoms with Gasteiger partial charge in [0.2, 0.25) is 11.8 Å². The van der Waals surface area contributed by atoms with Gasteiger partial charge in [-0.3, -0.25) is 9.59 Å². The summed E-state index contributed by atoms with van der Waals surface area (Å²) in [5.74, 6) is -0.750. The Labute approximate surface area is 125 Å². The summed E-state index contributed by atoms with van der Waals surface area (Å²) in [6.07, 6.45) is 0. The van der Waals surface area contributed by atoms with Crippen molar-refractivity contribution in [3.05, 3.63) is 40.9 Å². The van der Waals surface area contributed by atoms with E-state index in [2.05, 4.69) is 15.9 Å².